The van der Waals surface area contributed by atoms with Gasteiger partial charge in [0, 0.05) is 21.9 Å². The number of ketones is 1. The summed E-state index contributed by atoms with van der Waals surface area (Å²) in [6.07, 6.45) is 1.35. The highest BCUT2D eigenvalue weighted by Crippen LogP contribution is 2.15. The van der Waals surface area contributed by atoms with E-state index < -0.39 is 0 Å². The van der Waals surface area contributed by atoms with Crippen LogP contribution in [-0.4, -0.2) is 5.78 Å². The lowest BCUT2D eigenvalue weighted by Crippen LogP contribution is -2.00. The Morgan fingerprint density at radius 1 is 1.25 bits per heavy atom. The predicted octanol–water partition coefficient (Wildman–Crippen LogP) is 4.22. The summed E-state index contributed by atoms with van der Waals surface area (Å²) in [5.74, 6) is 0.149. The summed E-state index contributed by atoms with van der Waals surface area (Å²) in [5, 5.41) is 2.64. The molecule has 0 saturated heterocycles. The number of hydrogen-bond donors (Lipinski definition) is 0. The first-order valence-electron chi connectivity index (χ1n) is 5.07. The molecule has 2 rings (SSSR count). The minimum absolute atomic E-state index is 0.149. The first kappa shape index (κ1) is 11.4. The first-order valence-corrected chi connectivity index (χ1v) is 6.32. The van der Waals surface area contributed by atoms with Gasteiger partial charge in [-0.2, -0.15) is 0 Å². The van der Waals surface area contributed by atoms with Crippen LogP contribution in [0.2, 0.25) is 5.02 Å². The van der Waals surface area contributed by atoms with Gasteiger partial charge >= 0.3 is 0 Å². The van der Waals surface area contributed by atoms with Gasteiger partial charge in [0.05, 0.1) is 0 Å². The Balaban J connectivity index is 1.98. The zero-order valence-electron chi connectivity index (χ0n) is 8.65. The summed E-state index contributed by atoms with van der Waals surface area (Å²) in [4.78, 5) is 13.1. The molecule has 0 fully saturated rings. The fourth-order valence-corrected chi connectivity index (χ4v) is 2.40. The number of carbonyl (C=O) groups is 1. The molecule has 2 aromatic rings. The highest BCUT2D eigenvalue weighted by Gasteiger charge is 2.06. The van der Waals surface area contributed by atoms with Crippen molar-refractivity contribution in [2.24, 2.45) is 0 Å². The van der Waals surface area contributed by atoms with E-state index in [0.717, 1.165) is 6.42 Å². The summed E-state index contributed by atoms with van der Waals surface area (Å²) >= 11 is 7.52. The van der Waals surface area contributed by atoms with Gasteiger partial charge in [0.15, 0.2) is 5.78 Å². The van der Waals surface area contributed by atoms with Crippen LogP contribution in [0.1, 0.15) is 21.7 Å². The molecule has 1 nitrogen and oxygen atoms in total. The third-order valence-electron chi connectivity index (χ3n) is 2.33. The molecule has 0 aliphatic heterocycles. The number of carbonyl (C=O) groups excluding carboxylic acids is 1. The molecule has 1 aromatic heterocycles. The van der Waals surface area contributed by atoms with Gasteiger partial charge in [0.2, 0.25) is 0 Å². The second kappa shape index (κ2) is 5.28. The average molecular weight is 251 g/mol. The van der Waals surface area contributed by atoms with Crippen LogP contribution in [0.5, 0.6) is 0 Å². The Morgan fingerprint density at radius 3 is 2.81 bits per heavy atom. The molecule has 0 atom stereocenters. The summed E-state index contributed by atoms with van der Waals surface area (Å²) in [5.41, 5.74) is 0.698. The number of halogens is 1. The Hall–Kier alpha value is -1.12. The molecule has 0 aliphatic rings. The normalized spacial score (nSPS) is 10.3. The minimum atomic E-state index is 0.149. The fourth-order valence-electron chi connectivity index (χ4n) is 1.50. The minimum Gasteiger partial charge on any atom is -0.294 e. The summed E-state index contributed by atoms with van der Waals surface area (Å²) in [7, 11) is 0. The van der Waals surface area contributed by atoms with Crippen molar-refractivity contribution >= 4 is 28.7 Å². The standard InChI is InChI=1S/C13H11ClOS/c14-11-4-1-3-10(9-11)13(15)7-6-12-5-2-8-16-12/h1-5,8-9H,6-7H2. The Bertz CT molecular complexity index is 476. The van der Waals surface area contributed by atoms with E-state index in [2.05, 4.69) is 6.07 Å². The topological polar surface area (TPSA) is 17.1 Å². The van der Waals surface area contributed by atoms with E-state index in [4.69, 9.17) is 11.6 Å². The van der Waals surface area contributed by atoms with Crippen LogP contribution in [0, 0.1) is 0 Å². The quantitative estimate of drug-likeness (QED) is 0.743. The van der Waals surface area contributed by atoms with E-state index in [1.165, 1.54) is 4.88 Å². The molecule has 0 saturated carbocycles. The molecule has 82 valence electrons. The van der Waals surface area contributed by atoms with Crippen LogP contribution in [0.3, 0.4) is 0 Å². The number of hydrogen-bond acceptors (Lipinski definition) is 2. The molecule has 0 bridgehead atoms. The van der Waals surface area contributed by atoms with Crippen LogP contribution < -0.4 is 0 Å². The molecule has 0 radical (unpaired) electrons. The molecule has 1 aromatic carbocycles. The second-order valence-corrected chi connectivity index (χ2v) is 4.98. The molecule has 0 spiro atoms. The van der Waals surface area contributed by atoms with E-state index >= 15 is 0 Å². The number of rotatable bonds is 4. The SMILES string of the molecule is O=C(CCc1cccs1)c1cccc(Cl)c1. The molecule has 1 heterocycles. The van der Waals surface area contributed by atoms with Crippen LogP contribution in [0.4, 0.5) is 0 Å². The zero-order chi connectivity index (χ0) is 11.4. The van der Waals surface area contributed by atoms with Crippen molar-refractivity contribution in [1.82, 2.24) is 0 Å². The van der Waals surface area contributed by atoms with Gasteiger partial charge in [-0.3, -0.25) is 4.79 Å². The summed E-state index contributed by atoms with van der Waals surface area (Å²) in [6, 6.07) is 11.2. The third-order valence-corrected chi connectivity index (χ3v) is 3.50. The Morgan fingerprint density at radius 2 is 2.12 bits per heavy atom. The highest BCUT2D eigenvalue weighted by atomic mass is 35.5. The molecular weight excluding hydrogens is 240 g/mol. The van der Waals surface area contributed by atoms with E-state index in [-0.39, 0.29) is 5.78 Å². The number of benzene rings is 1. The van der Waals surface area contributed by atoms with Crippen molar-refractivity contribution in [2.75, 3.05) is 0 Å². The number of aryl methyl sites for hydroxylation is 1. The average Bonchev–Trinajstić information content (AvgIpc) is 2.78. The van der Waals surface area contributed by atoms with Gasteiger partial charge < -0.3 is 0 Å². The van der Waals surface area contributed by atoms with Gasteiger partial charge in [-0.25, -0.2) is 0 Å². The molecule has 3 heteroatoms. The predicted molar refractivity (Wildman–Crippen MR) is 68.4 cm³/mol. The van der Waals surface area contributed by atoms with Gasteiger partial charge in [-0.1, -0.05) is 29.8 Å². The maximum Gasteiger partial charge on any atom is 0.163 e. The van der Waals surface area contributed by atoms with E-state index in [0.29, 0.717) is 17.0 Å². The molecule has 0 amide bonds. The lowest BCUT2D eigenvalue weighted by atomic mass is 10.1. The van der Waals surface area contributed by atoms with E-state index in [1.807, 2.05) is 17.5 Å². The largest absolute Gasteiger partial charge is 0.294 e. The van der Waals surface area contributed by atoms with Crippen molar-refractivity contribution in [3.63, 3.8) is 0 Å². The monoisotopic (exact) mass is 250 g/mol. The van der Waals surface area contributed by atoms with Gasteiger partial charge in [0.25, 0.3) is 0 Å². The lowest BCUT2D eigenvalue weighted by molar-refractivity contribution is 0.0983. The van der Waals surface area contributed by atoms with Gasteiger partial charge in [0.1, 0.15) is 0 Å². The van der Waals surface area contributed by atoms with Crippen molar-refractivity contribution in [2.45, 2.75) is 12.8 Å². The van der Waals surface area contributed by atoms with Crippen LogP contribution in [0.25, 0.3) is 0 Å². The smallest absolute Gasteiger partial charge is 0.163 e. The maximum absolute atomic E-state index is 11.8. The van der Waals surface area contributed by atoms with E-state index in [9.17, 15) is 4.79 Å². The van der Waals surface area contributed by atoms with Crippen LogP contribution in [0.15, 0.2) is 41.8 Å². The van der Waals surface area contributed by atoms with Crippen molar-refractivity contribution in [3.8, 4) is 0 Å². The first-order chi connectivity index (χ1) is 7.75. The summed E-state index contributed by atoms with van der Waals surface area (Å²) in [6.45, 7) is 0. The molecule has 0 N–H and O–H groups in total. The lowest BCUT2D eigenvalue weighted by Gasteiger charge is -2.00. The highest BCUT2D eigenvalue weighted by molar-refractivity contribution is 7.09. The fraction of sp³-hybridized carbons (Fsp3) is 0.154. The molecular formula is C13H11ClOS. The van der Waals surface area contributed by atoms with Crippen molar-refractivity contribution in [1.29, 1.82) is 0 Å². The summed E-state index contributed by atoms with van der Waals surface area (Å²) < 4.78 is 0. The van der Waals surface area contributed by atoms with Gasteiger partial charge in [-0.15, -0.1) is 11.3 Å². The Labute approximate surface area is 104 Å². The number of Topliss-reactive ketones (excluding diaryl/α,β-unsaturated/α-hetero) is 1. The molecule has 0 unspecified atom stereocenters. The number of thiophene rings is 1. The van der Waals surface area contributed by atoms with Crippen molar-refractivity contribution in [3.05, 3.63) is 57.2 Å². The van der Waals surface area contributed by atoms with Crippen molar-refractivity contribution < 1.29 is 4.79 Å². The third kappa shape index (κ3) is 2.94. The zero-order valence-corrected chi connectivity index (χ0v) is 10.2. The maximum atomic E-state index is 11.8. The van der Waals surface area contributed by atoms with Crippen LogP contribution >= 0.6 is 22.9 Å². The Kier molecular flexibility index (Phi) is 3.75. The van der Waals surface area contributed by atoms with E-state index in [1.54, 1.807) is 29.5 Å². The van der Waals surface area contributed by atoms with Gasteiger partial charge in [-0.05, 0) is 30.0 Å². The molecule has 0 aliphatic carbocycles. The van der Waals surface area contributed by atoms with Crippen LogP contribution in [-0.2, 0) is 6.42 Å². The second-order valence-electron chi connectivity index (χ2n) is 3.51. The molecule has 16 heavy (non-hydrogen) atoms.